The second-order valence-corrected chi connectivity index (χ2v) is 7.06. The number of esters is 1. The molecule has 0 atom stereocenters. The molecule has 0 saturated heterocycles. The van der Waals surface area contributed by atoms with E-state index in [0.717, 1.165) is 12.8 Å². The molecule has 0 aromatic rings. The number of hydrogen-bond donors (Lipinski definition) is 0. The highest BCUT2D eigenvalue weighted by molar-refractivity contribution is 7.92. The molecule has 0 aliphatic carbocycles. The summed E-state index contributed by atoms with van der Waals surface area (Å²) in [6.07, 6.45) is 8.88. The van der Waals surface area contributed by atoms with Gasteiger partial charge in [-0.05, 0) is 13.3 Å². The van der Waals surface area contributed by atoms with Crippen LogP contribution in [-0.4, -0.2) is 32.5 Å². The molecule has 0 N–H and O–H groups in total. The number of ether oxygens (including phenoxy) is 1. The molecule has 0 radical (unpaired) electrons. The summed E-state index contributed by atoms with van der Waals surface area (Å²) >= 11 is 0. The molecule has 0 spiro atoms. The lowest BCUT2D eigenvalue weighted by molar-refractivity contribution is -0.139. The van der Waals surface area contributed by atoms with E-state index in [0.29, 0.717) is 6.42 Å². The Bertz CT molecular complexity index is 322. The van der Waals surface area contributed by atoms with Crippen LogP contribution in [0.5, 0.6) is 0 Å². The molecule has 0 aliphatic rings. The molecular weight excluding hydrogens is 264 g/mol. The largest absolute Gasteiger partial charge is 0.465 e. The van der Waals surface area contributed by atoms with Gasteiger partial charge in [-0.15, -0.1) is 0 Å². The van der Waals surface area contributed by atoms with Crippen molar-refractivity contribution >= 4 is 15.8 Å². The molecule has 0 bridgehead atoms. The van der Waals surface area contributed by atoms with Crippen LogP contribution >= 0.6 is 0 Å². The molecule has 0 aliphatic heterocycles. The highest BCUT2D eigenvalue weighted by Gasteiger charge is 2.16. The topological polar surface area (TPSA) is 60.4 Å². The van der Waals surface area contributed by atoms with Gasteiger partial charge in [-0.3, -0.25) is 4.79 Å². The lowest BCUT2D eigenvalue weighted by Crippen LogP contribution is -2.21. The molecule has 0 unspecified atom stereocenters. The molecule has 0 fully saturated rings. The second-order valence-electron chi connectivity index (χ2n) is 4.87. The Morgan fingerprint density at radius 2 is 1.42 bits per heavy atom. The van der Waals surface area contributed by atoms with Gasteiger partial charge in [-0.25, -0.2) is 8.42 Å². The Balaban J connectivity index is 3.56. The highest BCUT2D eigenvalue weighted by Crippen LogP contribution is 2.09. The van der Waals surface area contributed by atoms with Crippen LogP contribution in [0.2, 0.25) is 0 Å². The normalized spacial score (nSPS) is 11.5. The van der Waals surface area contributed by atoms with Gasteiger partial charge >= 0.3 is 5.97 Å². The van der Waals surface area contributed by atoms with Crippen LogP contribution in [0, 0.1) is 0 Å². The summed E-state index contributed by atoms with van der Waals surface area (Å²) in [6, 6.07) is 0. The van der Waals surface area contributed by atoms with Crippen LogP contribution in [0.25, 0.3) is 0 Å². The van der Waals surface area contributed by atoms with Gasteiger partial charge in [0, 0.05) is 0 Å². The van der Waals surface area contributed by atoms with E-state index in [4.69, 9.17) is 0 Å². The molecule has 5 heteroatoms. The SMILES string of the molecule is CCCCCCCCCCS(=O)(=O)CC(=O)OCC. The third-order valence-electron chi connectivity index (χ3n) is 2.95. The molecule has 0 aromatic carbocycles. The standard InChI is InChI=1S/C14H28O4S/c1-3-5-6-7-8-9-10-11-12-19(16,17)13-14(15)18-4-2/h3-13H2,1-2H3. The average molecular weight is 292 g/mol. The van der Waals surface area contributed by atoms with E-state index in [1.807, 2.05) is 0 Å². The van der Waals surface area contributed by atoms with Crippen molar-refractivity contribution in [1.29, 1.82) is 0 Å². The maximum Gasteiger partial charge on any atom is 0.321 e. The van der Waals surface area contributed by atoms with Crippen molar-refractivity contribution in [3.05, 3.63) is 0 Å². The zero-order chi connectivity index (χ0) is 14.6. The van der Waals surface area contributed by atoms with Gasteiger partial charge in [-0.2, -0.15) is 0 Å². The Kier molecular flexibility index (Phi) is 10.9. The fourth-order valence-corrected chi connectivity index (χ4v) is 3.14. The van der Waals surface area contributed by atoms with Crippen molar-refractivity contribution in [3.63, 3.8) is 0 Å². The summed E-state index contributed by atoms with van der Waals surface area (Å²) in [5.74, 6) is -1.01. The van der Waals surface area contributed by atoms with Crippen molar-refractivity contribution in [2.24, 2.45) is 0 Å². The maximum atomic E-state index is 11.6. The summed E-state index contributed by atoms with van der Waals surface area (Å²) in [4.78, 5) is 11.1. The van der Waals surface area contributed by atoms with Crippen LogP contribution in [0.3, 0.4) is 0 Å². The van der Waals surface area contributed by atoms with Crippen molar-refractivity contribution in [3.8, 4) is 0 Å². The first-order valence-corrected chi connectivity index (χ1v) is 9.20. The third kappa shape index (κ3) is 12.2. The van der Waals surface area contributed by atoms with Crippen LogP contribution in [-0.2, 0) is 19.4 Å². The van der Waals surface area contributed by atoms with Crippen LogP contribution in [0.15, 0.2) is 0 Å². The van der Waals surface area contributed by atoms with Crippen LogP contribution < -0.4 is 0 Å². The summed E-state index contributed by atoms with van der Waals surface area (Å²) < 4.78 is 27.8. The summed E-state index contributed by atoms with van der Waals surface area (Å²) in [5, 5.41) is 0. The van der Waals surface area contributed by atoms with E-state index in [9.17, 15) is 13.2 Å². The Labute approximate surface area is 117 Å². The monoisotopic (exact) mass is 292 g/mol. The second kappa shape index (κ2) is 11.3. The Hall–Kier alpha value is -0.580. The van der Waals surface area contributed by atoms with Crippen LogP contribution in [0.4, 0.5) is 0 Å². The van der Waals surface area contributed by atoms with Gasteiger partial charge < -0.3 is 4.74 Å². The van der Waals surface area contributed by atoms with E-state index >= 15 is 0 Å². The molecule has 0 heterocycles. The molecule has 0 saturated carbocycles. The van der Waals surface area contributed by atoms with E-state index in [-0.39, 0.29) is 12.4 Å². The summed E-state index contributed by atoms with van der Waals surface area (Å²) in [7, 11) is -3.28. The number of carbonyl (C=O) groups is 1. The van der Waals surface area contributed by atoms with Crippen molar-refractivity contribution in [2.45, 2.75) is 65.2 Å². The number of carbonyl (C=O) groups excluding carboxylic acids is 1. The minimum atomic E-state index is -3.28. The first-order chi connectivity index (χ1) is 9.02. The van der Waals surface area contributed by atoms with Gasteiger partial charge in [0.25, 0.3) is 0 Å². The number of unbranched alkanes of at least 4 members (excludes halogenated alkanes) is 7. The summed E-state index contributed by atoms with van der Waals surface area (Å²) in [6.45, 7) is 4.09. The maximum absolute atomic E-state index is 11.6. The predicted octanol–water partition coefficient (Wildman–Crippen LogP) is 3.11. The van der Waals surface area contributed by atoms with E-state index in [2.05, 4.69) is 11.7 Å². The Morgan fingerprint density at radius 3 is 1.95 bits per heavy atom. The fourth-order valence-electron chi connectivity index (χ4n) is 1.91. The van der Waals surface area contributed by atoms with E-state index in [1.165, 1.54) is 32.1 Å². The lowest BCUT2D eigenvalue weighted by Gasteiger charge is -2.04. The molecule has 114 valence electrons. The van der Waals surface area contributed by atoms with Gasteiger partial charge in [0.2, 0.25) is 0 Å². The zero-order valence-corrected chi connectivity index (χ0v) is 13.1. The van der Waals surface area contributed by atoms with Gasteiger partial charge in [0.05, 0.1) is 12.4 Å². The predicted molar refractivity (Wildman–Crippen MR) is 77.9 cm³/mol. The smallest absolute Gasteiger partial charge is 0.321 e. The van der Waals surface area contributed by atoms with Gasteiger partial charge in [0.1, 0.15) is 5.75 Å². The fraction of sp³-hybridized carbons (Fsp3) is 0.929. The molecule has 0 rings (SSSR count). The minimum Gasteiger partial charge on any atom is -0.465 e. The van der Waals surface area contributed by atoms with E-state index < -0.39 is 21.6 Å². The highest BCUT2D eigenvalue weighted by atomic mass is 32.2. The zero-order valence-electron chi connectivity index (χ0n) is 12.3. The number of hydrogen-bond acceptors (Lipinski definition) is 4. The van der Waals surface area contributed by atoms with Crippen molar-refractivity contribution in [2.75, 3.05) is 18.1 Å². The first kappa shape index (κ1) is 18.4. The molecular formula is C14H28O4S. The average Bonchev–Trinajstić information content (AvgIpc) is 2.32. The summed E-state index contributed by atoms with van der Waals surface area (Å²) in [5.41, 5.74) is 0. The number of rotatable bonds is 12. The lowest BCUT2D eigenvalue weighted by atomic mass is 10.1. The Morgan fingerprint density at radius 1 is 0.895 bits per heavy atom. The first-order valence-electron chi connectivity index (χ1n) is 7.38. The van der Waals surface area contributed by atoms with Gasteiger partial charge in [0.15, 0.2) is 9.84 Å². The molecule has 4 nitrogen and oxygen atoms in total. The van der Waals surface area contributed by atoms with Crippen molar-refractivity contribution < 1.29 is 17.9 Å². The third-order valence-corrected chi connectivity index (χ3v) is 4.54. The minimum absolute atomic E-state index is 0.0980. The molecule has 0 aromatic heterocycles. The molecule has 19 heavy (non-hydrogen) atoms. The molecule has 0 amide bonds. The van der Waals surface area contributed by atoms with Crippen molar-refractivity contribution in [1.82, 2.24) is 0 Å². The number of sulfone groups is 1. The quantitative estimate of drug-likeness (QED) is 0.409. The van der Waals surface area contributed by atoms with Gasteiger partial charge in [-0.1, -0.05) is 51.9 Å². The van der Waals surface area contributed by atoms with Crippen LogP contribution in [0.1, 0.15) is 65.2 Å². The van der Waals surface area contributed by atoms with E-state index in [1.54, 1.807) is 6.92 Å².